The number of hydrogen-bond acceptors (Lipinski definition) is 10. The predicted octanol–water partition coefficient (Wildman–Crippen LogP) is 3.83. The molecule has 0 fully saturated rings. The second kappa shape index (κ2) is 9.72. The summed E-state index contributed by atoms with van der Waals surface area (Å²) in [6, 6.07) is 0. The third kappa shape index (κ3) is 3.63. The highest BCUT2D eigenvalue weighted by Crippen LogP contribution is 2.50. The minimum atomic E-state index is -0.926. The monoisotopic (exact) mass is 550 g/mol. The summed E-state index contributed by atoms with van der Waals surface area (Å²) in [5.74, 6) is -7.25. The van der Waals surface area contributed by atoms with Crippen LogP contribution in [0.5, 0.6) is 23.0 Å². The number of phenols is 4. The van der Waals surface area contributed by atoms with E-state index in [1.807, 2.05) is 0 Å². The Kier molecular flexibility index (Phi) is 6.98. The number of aromatic hydroxyl groups is 4. The Bertz CT molecular complexity index is 1510. The third-order valence-corrected chi connectivity index (χ3v) is 7.69. The van der Waals surface area contributed by atoms with E-state index in [0.29, 0.717) is 0 Å². The standard InChI is InChI=1S/C30H30O10/c1-9(2)15-21-19(13(7-31)25(35)29(15)39)27(37)17(11(5)23(21)33)18-12(6)24(34)22-16(10(3)4)30(40)26(36)14(8-32)20(22)28(18)38/h9-10,31-32,35-36,39-40H,7-8H2,1-6H3. The molecule has 0 aromatic heterocycles. The van der Waals surface area contributed by atoms with Crippen LogP contribution in [-0.2, 0) is 13.2 Å². The van der Waals surface area contributed by atoms with Gasteiger partial charge in [0.05, 0.1) is 13.2 Å². The Morgan fingerprint density at radius 3 is 1.05 bits per heavy atom. The SMILES string of the molecule is CC1=C(C2=C(C)C(=O)c3c(c(CO)c(O)c(O)c3C(C)C)C2=O)C(=O)c2c(CO)c(O)c(O)c(C(C)C)c2C1=O. The van der Waals surface area contributed by atoms with E-state index in [2.05, 4.69) is 0 Å². The largest absolute Gasteiger partial charge is 0.504 e. The molecule has 2 aromatic carbocycles. The zero-order valence-corrected chi connectivity index (χ0v) is 22.9. The lowest BCUT2D eigenvalue weighted by atomic mass is 9.70. The molecule has 2 aliphatic rings. The number of ketones is 4. The van der Waals surface area contributed by atoms with Crippen LogP contribution in [0.4, 0.5) is 0 Å². The molecular formula is C30H30O10. The Morgan fingerprint density at radius 1 is 0.500 bits per heavy atom. The van der Waals surface area contributed by atoms with Gasteiger partial charge in [0, 0.05) is 66.8 Å². The summed E-state index contributed by atoms with van der Waals surface area (Å²) in [5.41, 5.74) is -3.31. The first-order valence-electron chi connectivity index (χ1n) is 12.7. The first-order chi connectivity index (χ1) is 18.6. The van der Waals surface area contributed by atoms with Crippen molar-refractivity contribution in [3.63, 3.8) is 0 Å². The summed E-state index contributed by atoms with van der Waals surface area (Å²) in [6.45, 7) is 7.29. The van der Waals surface area contributed by atoms with Crippen molar-refractivity contribution in [2.75, 3.05) is 0 Å². The van der Waals surface area contributed by atoms with Crippen LogP contribution < -0.4 is 0 Å². The maximum absolute atomic E-state index is 14.1. The molecule has 0 atom stereocenters. The molecule has 4 rings (SSSR count). The van der Waals surface area contributed by atoms with Gasteiger partial charge >= 0.3 is 0 Å². The molecule has 0 saturated heterocycles. The molecular weight excluding hydrogens is 520 g/mol. The third-order valence-electron chi connectivity index (χ3n) is 7.69. The smallest absolute Gasteiger partial charge is 0.195 e. The summed E-state index contributed by atoms with van der Waals surface area (Å²) >= 11 is 0. The molecule has 0 amide bonds. The molecule has 0 aliphatic heterocycles. The van der Waals surface area contributed by atoms with Crippen LogP contribution in [0.2, 0.25) is 0 Å². The van der Waals surface area contributed by atoms with Gasteiger partial charge in [0.15, 0.2) is 46.1 Å². The summed E-state index contributed by atoms with van der Waals surface area (Å²) in [4.78, 5) is 55.7. The number of Topliss-reactive ketones (excluding diaryl/α,β-unsaturated/α-hetero) is 4. The second-order valence-electron chi connectivity index (χ2n) is 10.6. The fourth-order valence-corrected chi connectivity index (χ4v) is 5.79. The van der Waals surface area contributed by atoms with Crippen molar-refractivity contribution in [2.45, 2.75) is 66.6 Å². The summed E-state index contributed by atoms with van der Waals surface area (Å²) in [5, 5.41) is 62.6. The number of hydrogen-bond donors (Lipinski definition) is 6. The van der Waals surface area contributed by atoms with Gasteiger partial charge in [0.25, 0.3) is 0 Å². The van der Waals surface area contributed by atoms with Crippen molar-refractivity contribution in [1.82, 2.24) is 0 Å². The highest BCUT2D eigenvalue weighted by molar-refractivity contribution is 6.38. The van der Waals surface area contributed by atoms with Gasteiger partial charge in [-0.1, -0.05) is 27.7 Å². The van der Waals surface area contributed by atoms with E-state index in [9.17, 15) is 49.8 Å². The molecule has 2 aromatic rings. The van der Waals surface area contributed by atoms with Crippen LogP contribution in [0, 0.1) is 0 Å². The highest BCUT2D eigenvalue weighted by Gasteiger charge is 2.45. The number of benzene rings is 2. The van der Waals surface area contributed by atoms with Crippen molar-refractivity contribution in [1.29, 1.82) is 0 Å². The number of allylic oxidation sites excluding steroid dienone is 4. The Hall–Kier alpha value is -4.28. The molecule has 0 unspecified atom stereocenters. The lowest BCUT2D eigenvalue weighted by Gasteiger charge is -2.30. The average molecular weight is 551 g/mol. The summed E-state index contributed by atoms with van der Waals surface area (Å²) < 4.78 is 0. The van der Waals surface area contributed by atoms with Gasteiger partial charge in [-0.3, -0.25) is 19.2 Å². The maximum atomic E-state index is 14.1. The number of fused-ring (bicyclic) bond motifs is 2. The van der Waals surface area contributed by atoms with Gasteiger partial charge in [0.2, 0.25) is 0 Å². The predicted molar refractivity (Wildman–Crippen MR) is 142 cm³/mol. The molecule has 0 radical (unpaired) electrons. The molecule has 10 nitrogen and oxygen atoms in total. The van der Waals surface area contributed by atoms with E-state index in [1.54, 1.807) is 27.7 Å². The Balaban J connectivity index is 2.11. The first-order valence-corrected chi connectivity index (χ1v) is 12.7. The van der Waals surface area contributed by atoms with E-state index in [1.165, 1.54) is 13.8 Å². The summed E-state index contributed by atoms with van der Waals surface area (Å²) in [6.07, 6.45) is 0. The van der Waals surface area contributed by atoms with Gasteiger partial charge in [-0.15, -0.1) is 0 Å². The number of rotatable bonds is 5. The zero-order valence-electron chi connectivity index (χ0n) is 22.9. The fourth-order valence-electron chi connectivity index (χ4n) is 5.79. The number of aliphatic hydroxyl groups excluding tert-OH is 2. The van der Waals surface area contributed by atoms with Crippen molar-refractivity contribution in [3.8, 4) is 23.0 Å². The number of aliphatic hydroxyl groups is 2. The van der Waals surface area contributed by atoms with Crippen LogP contribution >= 0.6 is 0 Å². The van der Waals surface area contributed by atoms with Gasteiger partial charge < -0.3 is 30.6 Å². The first kappa shape index (κ1) is 28.7. The second-order valence-corrected chi connectivity index (χ2v) is 10.6. The molecule has 0 spiro atoms. The van der Waals surface area contributed by atoms with Crippen LogP contribution in [0.15, 0.2) is 22.3 Å². The number of carbonyl (C=O) groups is 4. The molecule has 210 valence electrons. The lowest BCUT2D eigenvalue weighted by Crippen LogP contribution is -2.32. The average Bonchev–Trinajstić information content (AvgIpc) is 2.89. The minimum absolute atomic E-state index is 0.00640. The van der Waals surface area contributed by atoms with E-state index >= 15 is 0 Å². The number of carbonyl (C=O) groups excluding carboxylic acids is 4. The molecule has 0 saturated carbocycles. The van der Waals surface area contributed by atoms with E-state index in [4.69, 9.17) is 0 Å². The number of phenolic OH excluding ortho intramolecular Hbond substituents is 2. The molecule has 2 aliphatic carbocycles. The van der Waals surface area contributed by atoms with Gasteiger partial charge in [-0.05, 0) is 25.7 Å². The van der Waals surface area contributed by atoms with E-state index in [0.717, 1.165) is 0 Å². The topological polar surface area (TPSA) is 190 Å². The van der Waals surface area contributed by atoms with E-state index in [-0.39, 0.29) is 33.4 Å². The van der Waals surface area contributed by atoms with E-state index < -0.39 is 105 Å². The van der Waals surface area contributed by atoms with Gasteiger partial charge in [0.1, 0.15) is 0 Å². The molecule has 10 heteroatoms. The van der Waals surface area contributed by atoms with Crippen molar-refractivity contribution in [2.24, 2.45) is 0 Å². The highest BCUT2D eigenvalue weighted by atomic mass is 16.3. The van der Waals surface area contributed by atoms with Crippen LogP contribution in [0.3, 0.4) is 0 Å². The van der Waals surface area contributed by atoms with Crippen LogP contribution in [0.1, 0.15) is 117 Å². The quantitative estimate of drug-likeness (QED) is 0.298. The van der Waals surface area contributed by atoms with Crippen molar-refractivity contribution < 1.29 is 49.8 Å². The molecule has 6 N–H and O–H groups in total. The molecule has 40 heavy (non-hydrogen) atoms. The summed E-state index contributed by atoms with van der Waals surface area (Å²) in [7, 11) is 0. The molecule has 0 bridgehead atoms. The fraction of sp³-hybridized carbons (Fsp3) is 0.333. The van der Waals surface area contributed by atoms with Crippen molar-refractivity contribution >= 4 is 23.1 Å². The van der Waals surface area contributed by atoms with Crippen LogP contribution in [-0.4, -0.2) is 53.8 Å². The zero-order chi connectivity index (χ0) is 30.1. The molecule has 0 heterocycles. The van der Waals surface area contributed by atoms with Gasteiger partial charge in [-0.25, -0.2) is 0 Å². The van der Waals surface area contributed by atoms with Gasteiger partial charge in [-0.2, -0.15) is 0 Å². The lowest BCUT2D eigenvalue weighted by molar-refractivity contribution is 0.0948. The van der Waals surface area contributed by atoms with Crippen LogP contribution in [0.25, 0.3) is 0 Å². The van der Waals surface area contributed by atoms with Crippen molar-refractivity contribution in [3.05, 3.63) is 66.8 Å². The Morgan fingerprint density at radius 2 is 0.800 bits per heavy atom. The normalized spacial score (nSPS) is 15.6. The maximum Gasteiger partial charge on any atom is 0.195 e. The minimum Gasteiger partial charge on any atom is -0.504 e. The Labute approximate surface area is 229 Å².